The molecule has 0 spiro atoms. The van der Waals surface area contributed by atoms with E-state index in [0.717, 1.165) is 58.5 Å². The Bertz CT molecular complexity index is 704. The van der Waals surface area contributed by atoms with Crippen molar-refractivity contribution in [3.05, 3.63) is 52.7 Å². The molecule has 4 rings (SSSR count). The van der Waals surface area contributed by atoms with E-state index >= 15 is 0 Å². The minimum Gasteiger partial charge on any atom is -0.369 e. The molecule has 0 radical (unpaired) electrons. The average Bonchev–Trinajstić information content (AvgIpc) is 3.32. The molecule has 1 saturated carbocycles. The maximum atomic E-state index is 12.6. The average molecular weight is 370 g/mol. The first-order valence-electron chi connectivity index (χ1n) is 9.63. The van der Waals surface area contributed by atoms with E-state index in [1.54, 1.807) is 11.3 Å². The fourth-order valence-electron chi connectivity index (χ4n) is 3.80. The van der Waals surface area contributed by atoms with Gasteiger partial charge >= 0.3 is 0 Å². The molecule has 1 saturated heterocycles. The number of nitrogens with one attached hydrogen (secondary N) is 1. The molecule has 1 amide bonds. The van der Waals surface area contributed by atoms with Crippen LogP contribution < -0.4 is 10.2 Å². The monoisotopic (exact) mass is 369 g/mol. The lowest BCUT2D eigenvalue weighted by Gasteiger charge is -2.36. The zero-order chi connectivity index (χ0) is 17.8. The molecular formula is C21H27N3OS. The van der Waals surface area contributed by atoms with E-state index in [2.05, 4.69) is 56.9 Å². The second-order valence-corrected chi connectivity index (χ2v) is 8.28. The highest BCUT2D eigenvalue weighted by atomic mass is 32.1. The maximum Gasteiger partial charge on any atom is 0.231 e. The van der Waals surface area contributed by atoms with Gasteiger partial charge in [-0.3, -0.25) is 9.69 Å². The van der Waals surface area contributed by atoms with E-state index in [9.17, 15) is 4.79 Å². The van der Waals surface area contributed by atoms with Gasteiger partial charge < -0.3 is 10.2 Å². The Balaban J connectivity index is 1.16. The van der Waals surface area contributed by atoms with Gasteiger partial charge in [-0.1, -0.05) is 24.3 Å². The zero-order valence-corrected chi connectivity index (χ0v) is 16.0. The summed E-state index contributed by atoms with van der Waals surface area (Å²) in [5, 5.41) is 5.25. The molecule has 1 N–H and O–H groups in total. The highest BCUT2D eigenvalue weighted by Crippen LogP contribution is 2.50. The van der Waals surface area contributed by atoms with Gasteiger partial charge in [-0.15, -0.1) is 11.3 Å². The molecule has 1 aliphatic heterocycles. The van der Waals surface area contributed by atoms with Crippen LogP contribution in [-0.4, -0.2) is 50.1 Å². The highest BCUT2D eigenvalue weighted by Gasteiger charge is 2.51. The van der Waals surface area contributed by atoms with Crippen molar-refractivity contribution in [1.82, 2.24) is 10.2 Å². The van der Waals surface area contributed by atoms with Crippen molar-refractivity contribution in [2.75, 3.05) is 44.2 Å². The van der Waals surface area contributed by atoms with Crippen LogP contribution in [0.25, 0.3) is 0 Å². The topological polar surface area (TPSA) is 35.6 Å². The standard InChI is InChI=1S/C21H27N3OS/c25-20(21(9-10-21)19-8-4-17-26-19)22-11-5-12-23-13-15-24(16-14-23)18-6-2-1-3-7-18/h1-4,6-8,17H,5,9-16H2,(H,22,25). The lowest BCUT2D eigenvalue weighted by Crippen LogP contribution is -2.47. The second-order valence-electron chi connectivity index (χ2n) is 7.33. The Hall–Kier alpha value is -1.85. The van der Waals surface area contributed by atoms with E-state index in [0.29, 0.717) is 0 Å². The van der Waals surface area contributed by atoms with E-state index in [1.165, 1.54) is 10.6 Å². The smallest absolute Gasteiger partial charge is 0.231 e. The molecule has 2 fully saturated rings. The Kier molecular flexibility index (Phi) is 5.27. The van der Waals surface area contributed by atoms with Gasteiger partial charge in [0, 0.05) is 43.3 Å². The number of amides is 1. The number of hydrogen-bond donors (Lipinski definition) is 1. The maximum absolute atomic E-state index is 12.6. The molecule has 2 aliphatic rings. The third kappa shape index (κ3) is 3.79. The van der Waals surface area contributed by atoms with Crippen LogP contribution in [0.1, 0.15) is 24.1 Å². The molecule has 4 nitrogen and oxygen atoms in total. The number of nitrogens with zero attached hydrogens (tertiary/aromatic N) is 2. The minimum atomic E-state index is -0.199. The SMILES string of the molecule is O=C(NCCCN1CCN(c2ccccc2)CC1)C1(c2cccs2)CC1. The molecular weight excluding hydrogens is 342 g/mol. The minimum absolute atomic E-state index is 0.199. The second kappa shape index (κ2) is 7.80. The van der Waals surface area contributed by atoms with Gasteiger partial charge in [0.05, 0.1) is 5.41 Å². The zero-order valence-electron chi connectivity index (χ0n) is 15.2. The Morgan fingerprint density at radius 2 is 1.81 bits per heavy atom. The molecule has 1 aromatic carbocycles. The lowest BCUT2D eigenvalue weighted by molar-refractivity contribution is -0.123. The predicted octanol–water partition coefficient (Wildman–Crippen LogP) is 3.11. The van der Waals surface area contributed by atoms with Gasteiger partial charge in [-0.2, -0.15) is 0 Å². The summed E-state index contributed by atoms with van der Waals surface area (Å²) >= 11 is 1.71. The fraction of sp³-hybridized carbons (Fsp3) is 0.476. The summed E-state index contributed by atoms with van der Waals surface area (Å²) in [5.41, 5.74) is 1.12. The van der Waals surface area contributed by atoms with Gasteiger partial charge in [0.2, 0.25) is 5.91 Å². The number of piperazine rings is 1. The molecule has 5 heteroatoms. The van der Waals surface area contributed by atoms with Gasteiger partial charge in [-0.05, 0) is 49.4 Å². The first kappa shape index (κ1) is 17.6. The van der Waals surface area contributed by atoms with Crippen LogP contribution in [0.4, 0.5) is 5.69 Å². The van der Waals surface area contributed by atoms with Crippen molar-refractivity contribution in [2.24, 2.45) is 0 Å². The number of benzene rings is 1. The summed E-state index contributed by atoms with van der Waals surface area (Å²) in [4.78, 5) is 18.7. The predicted molar refractivity (Wildman–Crippen MR) is 108 cm³/mol. The Morgan fingerprint density at radius 3 is 2.46 bits per heavy atom. The van der Waals surface area contributed by atoms with Crippen LogP contribution in [0.2, 0.25) is 0 Å². The third-order valence-corrected chi connectivity index (χ3v) is 6.68. The molecule has 2 heterocycles. The summed E-state index contributed by atoms with van der Waals surface area (Å²) in [5.74, 6) is 0.230. The van der Waals surface area contributed by atoms with Gasteiger partial charge in [0.15, 0.2) is 0 Å². The number of hydrogen-bond acceptors (Lipinski definition) is 4. The molecule has 138 valence electrons. The molecule has 1 aromatic heterocycles. The van der Waals surface area contributed by atoms with Crippen molar-refractivity contribution in [2.45, 2.75) is 24.7 Å². The quantitative estimate of drug-likeness (QED) is 0.762. The van der Waals surface area contributed by atoms with Crippen molar-refractivity contribution in [3.8, 4) is 0 Å². The Morgan fingerprint density at radius 1 is 1.04 bits per heavy atom. The molecule has 2 aromatic rings. The van der Waals surface area contributed by atoms with Crippen LogP contribution in [-0.2, 0) is 10.2 Å². The molecule has 0 atom stereocenters. The number of carbonyl (C=O) groups is 1. The van der Waals surface area contributed by atoms with Crippen molar-refractivity contribution >= 4 is 22.9 Å². The van der Waals surface area contributed by atoms with Crippen LogP contribution in [0.15, 0.2) is 47.8 Å². The summed E-state index contributed by atoms with van der Waals surface area (Å²) in [6.45, 7) is 6.21. The summed E-state index contributed by atoms with van der Waals surface area (Å²) in [7, 11) is 0. The summed E-state index contributed by atoms with van der Waals surface area (Å²) in [6, 6.07) is 14.8. The van der Waals surface area contributed by atoms with Gasteiger partial charge in [-0.25, -0.2) is 0 Å². The van der Waals surface area contributed by atoms with E-state index < -0.39 is 0 Å². The van der Waals surface area contributed by atoms with Crippen LogP contribution >= 0.6 is 11.3 Å². The van der Waals surface area contributed by atoms with E-state index in [4.69, 9.17) is 0 Å². The number of carbonyl (C=O) groups excluding carboxylic acids is 1. The lowest BCUT2D eigenvalue weighted by atomic mass is 10.0. The summed E-state index contributed by atoms with van der Waals surface area (Å²) < 4.78 is 0. The first-order chi connectivity index (χ1) is 12.8. The number of para-hydroxylation sites is 1. The number of rotatable bonds is 7. The van der Waals surface area contributed by atoms with Gasteiger partial charge in [0.25, 0.3) is 0 Å². The normalized spacial score (nSPS) is 19.3. The highest BCUT2D eigenvalue weighted by molar-refractivity contribution is 7.10. The van der Waals surface area contributed by atoms with Crippen LogP contribution in [0.3, 0.4) is 0 Å². The molecule has 0 unspecified atom stereocenters. The van der Waals surface area contributed by atoms with Crippen LogP contribution in [0, 0.1) is 0 Å². The fourth-order valence-corrected chi connectivity index (χ4v) is 4.79. The van der Waals surface area contributed by atoms with E-state index in [1.807, 2.05) is 6.07 Å². The molecule has 26 heavy (non-hydrogen) atoms. The number of anilines is 1. The van der Waals surface area contributed by atoms with Crippen molar-refractivity contribution in [3.63, 3.8) is 0 Å². The molecule has 0 bridgehead atoms. The summed E-state index contributed by atoms with van der Waals surface area (Å²) in [6.07, 6.45) is 3.03. The van der Waals surface area contributed by atoms with E-state index in [-0.39, 0.29) is 11.3 Å². The van der Waals surface area contributed by atoms with Gasteiger partial charge in [0.1, 0.15) is 0 Å². The van der Waals surface area contributed by atoms with Crippen molar-refractivity contribution in [1.29, 1.82) is 0 Å². The first-order valence-corrected chi connectivity index (χ1v) is 10.5. The largest absolute Gasteiger partial charge is 0.369 e. The third-order valence-electron chi connectivity index (χ3n) is 5.61. The van der Waals surface area contributed by atoms with Crippen LogP contribution in [0.5, 0.6) is 0 Å². The van der Waals surface area contributed by atoms with Crippen molar-refractivity contribution < 1.29 is 4.79 Å². The Labute approximate surface area is 159 Å². The number of thiophene rings is 1. The molecule has 1 aliphatic carbocycles.